The fourth-order valence-electron chi connectivity index (χ4n) is 2.70. The summed E-state index contributed by atoms with van der Waals surface area (Å²) in [6.45, 7) is 5.93. The van der Waals surface area contributed by atoms with Crippen LogP contribution < -0.4 is 5.32 Å². The maximum Gasteiger partial charge on any atom is 0.0620 e. The maximum absolute atomic E-state index is 5.95. The first-order chi connectivity index (χ1) is 7.86. The van der Waals surface area contributed by atoms with Crippen LogP contribution in [0.5, 0.6) is 0 Å². The van der Waals surface area contributed by atoms with Gasteiger partial charge in [0, 0.05) is 19.2 Å². The van der Waals surface area contributed by atoms with Crippen LogP contribution in [0.2, 0.25) is 0 Å². The summed E-state index contributed by atoms with van der Waals surface area (Å²) in [4.78, 5) is 0. The Balaban J connectivity index is 1.53. The summed E-state index contributed by atoms with van der Waals surface area (Å²) in [6, 6.07) is 0.562. The molecule has 0 aromatic carbocycles. The molecule has 1 N–H and O–H groups in total. The van der Waals surface area contributed by atoms with Gasteiger partial charge < -0.3 is 14.8 Å². The minimum absolute atomic E-state index is 0.510. The molecular formula is C13H25NO2. The first-order valence-corrected chi connectivity index (χ1v) is 6.79. The zero-order valence-electron chi connectivity index (χ0n) is 10.4. The Kier molecular flexibility index (Phi) is 5.07. The van der Waals surface area contributed by atoms with Crippen LogP contribution in [0.3, 0.4) is 0 Å². The van der Waals surface area contributed by atoms with Gasteiger partial charge in [0.2, 0.25) is 0 Å². The summed E-state index contributed by atoms with van der Waals surface area (Å²) >= 11 is 0. The molecule has 0 amide bonds. The third-order valence-electron chi connectivity index (χ3n) is 3.83. The van der Waals surface area contributed by atoms with Crippen LogP contribution in [0.25, 0.3) is 0 Å². The monoisotopic (exact) mass is 227 g/mol. The Bertz CT molecular complexity index is 192. The molecule has 1 aliphatic carbocycles. The van der Waals surface area contributed by atoms with Gasteiger partial charge in [-0.25, -0.2) is 0 Å². The third kappa shape index (κ3) is 3.72. The van der Waals surface area contributed by atoms with Crippen molar-refractivity contribution in [2.45, 2.75) is 51.2 Å². The molecule has 2 aliphatic rings. The lowest BCUT2D eigenvalue weighted by Crippen LogP contribution is -2.34. The smallest absolute Gasteiger partial charge is 0.0620 e. The SMILES string of the molecule is CC1CCCCC1OCCNC1CCOC1. The third-order valence-corrected chi connectivity index (χ3v) is 3.83. The molecule has 1 saturated heterocycles. The molecule has 3 nitrogen and oxygen atoms in total. The van der Waals surface area contributed by atoms with Crippen LogP contribution in [-0.2, 0) is 9.47 Å². The molecule has 1 aliphatic heterocycles. The van der Waals surface area contributed by atoms with E-state index in [9.17, 15) is 0 Å². The van der Waals surface area contributed by atoms with E-state index in [0.717, 1.165) is 38.7 Å². The highest BCUT2D eigenvalue weighted by molar-refractivity contribution is 4.73. The highest BCUT2D eigenvalue weighted by atomic mass is 16.5. The van der Waals surface area contributed by atoms with Gasteiger partial charge in [0.05, 0.1) is 19.3 Å². The van der Waals surface area contributed by atoms with Crippen molar-refractivity contribution in [2.75, 3.05) is 26.4 Å². The van der Waals surface area contributed by atoms with Crippen molar-refractivity contribution in [3.05, 3.63) is 0 Å². The minimum Gasteiger partial charge on any atom is -0.380 e. The molecule has 0 aromatic rings. The van der Waals surface area contributed by atoms with Crippen molar-refractivity contribution < 1.29 is 9.47 Å². The largest absolute Gasteiger partial charge is 0.380 e. The number of ether oxygens (including phenoxy) is 2. The van der Waals surface area contributed by atoms with Gasteiger partial charge in [-0.15, -0.1) is 0 Å². The lowest BCUT2D eigenvalue weighted by molar-refractivity contribution is -0.00390. The van der Waals surface area contributed by atoms with Gasteiger partial charge in [0.25, 0.3) is 0 Å². The summed E-state index contributed by atoms with van der Waals surface area (Å²) in [6.07, 6.45) is 7.00. The standard InChI is InChI=1S/C13H25NO2/c1-11-4-2-3-5-13(11)16-9-7-14-12-6-8-15-10-12/h11-14H,2-10H2,1H3. The second-order valence-corrected chi connectivity index (χ2v) is 5.19. The molecule has 0 radical (unpaired) electrons. The van der Waals surface area contributed by atoms with Gasteiger partial charge in [-0.2, -0.15) is 0 Å². The highest BCUT2D eigenvalue weighted by Crippen LogP contribution is 2.25. The molecule has 16 heavy (non-hydrogen) atoms. The summed E-state index contributed by atoms with van der Waals surface area (Å²) in [7, 11) is 0. The molecule has 3 atom stereocenters. The fourth-order valence-corrected chi connectivity index (χ4v) is 2.70. The number of nitrogens with one attached hydrogen (secondary N) is 1. The molecule has 3 unspecified atom stereocenters. The topological polar surface area (TPSA) is 30.5 Å². The van der Waals surface area contributed by atoms with E-state index in [2.05, 4.69) is 12.2 Å². The van der Waals surface area contributed by atoms with E-state index in [-0.39, 0.29) is 0 Å². The van der Waals surface area contributed by atoms with E-state index < -0.39 is 0 Å². The molecular weight excluding hydrogens is 202 g/mol. The molecule has 0 spiro atoms. The molecule has 0 aromatic heterocycles. The Hall–Kier alpha value is -0.120. The average molecular weight is 227 g/mol. The van der Waals surface area contributed by atoms with E-state index in [4.69, 9.17) is 9.47 Å². The molecule has 2 rings (SSSR count). The van der Waals surface area contributed by atoms with E-state index in [0.29, 0.717) is 12.1 Å². The van der Waals surface area contributed by atoms with Gasteiger partial charge in [0.15, 0.2) is 0 Å². The van der Waals surface area contributed by atoms with E-state index in [1.165, 1.54) is 25.7 Å². The zero-order chi connectivity index (χ0) is 11.2. The predicted molar refractivity (Wildman–Crippen MR) is 64.6 cm³/mol. The van der Waals surface area contributed by atoms with Crippen LogP contribution in [0.4, 0.5) is 0 Å². The highest BCUT2D eigenvalue weighted by Gasteiger charge is 2.21. The van der Waals surface area contributed by atoms with Crippen molar-refractivity contribution in [3.8, 4) is 0 Å². The van der Waals surface area contributed by atoms with Crippen LogP contribution in [0.15, 0.2) is 0 Å². The van der Waals surface area contributed by atoms with Crippen molar-refractivity contribution in [2.24, 2.45) is 5.92 Å². The summed E-state index contributed by atoms with van der Waals surface area (Å²) in [5.41, 5.74) is 0. The first-order valence-electron chi connectivity index (χ1n) is 6.79. The normalized spacial score (nSPS) is 35.4. The molecule has 94 valence electrons. The molecule has 1 saturated carbocycles. The van der Waals surface area contributed by atoms with Gasteiger partial charge in [-0.05, 0) is 25.2 Å². The van der Waals surface area contributed by atoms with Crippen molar-refractivity contribution in [1.29, 1.82) is 0 Å². The Morgan fingerprint density at radius 3 is 2.88 bits per heavy atom. The average Bonchev–Trinajstić information content (AvgIpc) is 2.79. The van der Waals surface area contributed by atoms with Gasteiger partial charge >= 0.3 is 0 Å². The summed E-state index contributed by atoms with van der Waals surface area (Å²) < 4.78 is 11.3. The molecule has 3 heteroatoms. The Morgan fingerprint density at radius 2 is 2.12 bits per heavy atom. The van der Waals surface area contributed by atoms with E-state index in [1.54, 1.807) is 0 Å². The fraction of sp³-hybridized carbons (Fsp3) is 1.00. The van der Waals surface area contributed by atoms with E-state index >= 15 is 0 Å². The number of hydrogen-bond donors (Lipinski definition) is 1. The lowest BCUT2D eigenvalue weighted by Gasteiger charge is -2.28. The van der Waals surface area contributed by atoms with Gasteiger partial charge in [-0.1, -0.05) is 19.8 Å². The van der Waals surface area contributed by atoms with Gasteiger partial charge in [0.1, 0.15) is 0 Å². The Labute approximate surface area is 98.9 Å². The molecule has 1 heterocycles. The maximum atomic E-state index is 5.95. The van der Waals surface area contributed by atoms with Crippen LogP contribution >= 0.6 is 0 Å². The van der Waals surface area contributed by atoms with E-state index in [1.807, 2.05) is 0 Å². The second kappa shape index (κ2) is 6.58. The van der Waals surface area contributed by atoms with Gasteiger partial charge in [-0.3, -0.25) is 0 Å². The number of hydrogen-bond acceptors (Lipinski definition) is 3. The summed E-state index contributed by atoms with van der Waals surface area (Å²) in [5.74, 6) is 0.753. The minimum atomic E-state index is 0.510. The molecule has 2 fully saturated rings. The number of rotatable bonds is 5. The zero-order valence-corrected chi connectivity index (χ0v) is 10.4. The van der Waals surface area contributed by atoms with Crippen LogP contribution in [-0.4, -0.2) is 38.5 Å². The summed E-state index contributed by atoms with van der Waals surface area (Å²) in [5, 5.41) is 3.49. The second-order valence-electron chi connectivity index (χ2n) is 5.19. The van der Waals surface area contributed by atoms with Crippen LogP contribution in [0, 0.1) is 5.92 Å². The molecule has 0 bridgehead atoms. The lowest BCUT2D eigenvalue weighted by atomic mass is 9.88. The quantitative estimate of drug-likeness (QED) is 0.728. The van der Waals surface area contributed by atoms with Crippen molar-refractivity contribution >= 4 is 0 Å². The Morgan fingerprint density at radius 1 is 1.25 bits per heavy atom. The van der Waals surface area contributed by atoms with Crippen molar-refractivity contribution in [3.63, 3.8) is 0 Å². The predicted octanol–water partition coefficient (Wildman–Crippen LogP) is 1.96. The van der Waals surface area contributed by atoms with Crippen LogP contribution in [0.1, 0.15) is 39.0 Å². The van der Waals surface area contributed by atoms with Crippen molar-refractivity contribution in [1.82, 2.24) is 5.32 Å². The first kappa shape index (κ1) is 12.3.